The van der Waals surface area contributed by atoms with Crippen LogP contribution in [0.3, 0.4) is 0 Å². The summed E-state index contributed by atoms with van der Waals surface area (Å²) in [5, 5.41) is 0.638. The van der Waals surface area contributed by atoms with E-state index in [4.69, 9.17) is 26.8 Å². The van der Waals surface area contributed by atoms with Crippen molar-refractivity contribution in [2.24, 2.45) is 5.73 Å². The van der Waals surface area contributed by atoms with Gasteiger partial charge in [-0.05, 0) is 26.7 Å². The van der Waals surface area contributed by atoms with Gasteiger partial charge in [0.1, 0.15) is 11.5 Å². The summed E-state index contributed by atoms with van der Waals surface area (Å²) in [6.45, 7) is 4.68. The number of hydrogen-bond acceptors (Lipinski definition) is 3. The van der Waals surface area contributed by atoms with Crippen LogP contribution in [-0.2, 0) is 5.41 Å². The number of benzene rings is 1. The Morgan fingerprint density at radius 2 is 1.57 bits per heavy atom. The first-order valence-corrected chi connectivity index (χ1v) is 8.01. The molecule has 0 spiro atoms. The van der Waals surface area contributed by atoms with Crippen molar-refractivity contribution in [3.8, 4) is 11.5 Å². The fourth-order valence-corrected chi connectivity index (χ4v) is 4.13. The molecule has 2 N–H and O–H groups in total. The molecule has 1 aromatic rings. The van der Waals surface area contributed by atoms with Crippen LogP contribution in [0.5, 0.6) is 11.5 Å². The van der Waals surface area contributed by atoms with E-state index in [1.165, 1.54) is 24.8 Å². The SMILES string of the molecule is COc1c(C)c(C2(CN)CCCCC2)c(OC)c(C)c1Cl. The van der Waals surface area contributed by atoms with Crippen molar-refractivity contribution in [1.82, 2.24) is 0 Å². The van der Waals surface area contributed by atoms with Gasteiger partial charge < -0.3 is 15.2 Å². The Kier molecular flexibility index (Phi) is 5.05. The minimum atomic E-state index is -0.0176. The summed E-state index contributed by atoms with van der Waals surface area (Å²) in [4.78, 5) is 0. The molecule has 3 nitrogen and oxygen atoms in total. The molecule has 2 rings (SSSR count). The monoisotopic (exact) mass is 311 g/mol. The fraction of sp³-hybridized carbons (Fsp3) is 0.647. The topological polar surface area (TPSA) is 44.5 Å². The normalized spacial score (nSPS) is 17.6. The molecule has 0 heterocycles. The molecule has 1 aliphatic carbocycles. The van der Waals surface area contributed by atoms with Gasteiger partial charge in [0, 0.05) is 28.7 Å². The van der Waals surface area contributed by atoms with Gasteiger partial charge in [0.2, 0.25) is 0 Å². The molecule has 21 heavy (non-hydrogen) atoms. The zero-order chi connectivity index (χ0) is 15.6. The maximum Gasteiger partial charge on any atom is 0.141 e. The highest BCUT2D eigenvalue weighted by Gasteiger charge is 2.38. The molecule has 0 aromatic heterocycles. The second kappa shape index (κ2) is 6.45. The molecule has 0 radical (unpaired) electrons. The van der Waals surface area contributed by atoms with Gasteiger partial charge in [-0.3, -0.25) is 0 Å². The number of halogens is 1. The fourth-order valence-electron chi connectivity index (χ4n) is 3.83. The van der Waals surface area contributed by atoms with Gasteiger partial charge >= 0.3 is 0 Å². The molecule has 0 aliphatic heterocycles. The molecule has 0 unspecified atom stereocenters. The summed E-state index contributed by atoms with van der Waals surface area (Å²) in [6.07, 6.45) is 5.91. The van der Waals surface area contributed by atoms with Gasteiger partial charge in [-0.25, -0.2) is 0 Å². The van der Waals surface area contributed by atoms with Crippen LogP contribution in [0.1, 0.15) is 48.8 Å². The first-order chi connectivity index (χ1) is 10.0. The van der Waals surface area contributed by atoms with Gasteiger partial charge in [-0.2, -0.15) is 0 Å². The largest absolute Gasteiger partial charge is 0.496 e. The van der Waals surface area contributed by atoms with Gasteiger partial charge in [-0.15, -0.1) is 0 Å². The third-order valence-corrected chi connectivity index (χ3v) is 5.41. The zero-order valence-electron chi connectivity index (χ0n) is 13.5. The van der Waals surface area contributed by atoms with Crippen LogP contribution in [-0.4, -0.2) is 20.8 Å². The Morgan fingerprint density at radius 1 is 1.00 bits per heavy atom. The standard InChI is InChI=1S/C17H26ClNO2/c1-11-13(17(10-19)8-6-5-7-9-17)15(20-3)12(2)14(18)16(11)21-4/h5-10,19H2,1-4H3. The number of ether oxygens (including phenoxy) is 2. The quantitative estimate of drug-likeness (QED) is 0.909. The maximum atomic E-state index is 6.45. The first kappa shape index (κ1) is 16.4. The highest BCUT2D eigenvalue weighted by Crippen LogP contribution is 2.50. The van der Waals surface area contributed by atoms with Crippen LogP contribution in [0.15, 0.2) is 0 Å². The third-order valence-electron chi connectivity index (χ3n) is 4.95. The van der Waals surface area contributed by atoms with E-state index in [0.29, 0.717) is 11.6 Å². The van der Waals surface area contributed by atoms with E-state index in [-0.39, 0.29) is 5.41 Å². The van der Waals surface area contributed by atoms with Gasteiger partial charge in [0.25, 0.3) is 0 Å². The third kappa shape index (κ3) is 2.62. The molecule has 0 bridgehead atoms. The summed E-state index contributed by atoms with van der Waals surface area (Å²) in [7, 11) is 3.38. The smallest absolute Gasteiger partial charge is 0.141 e. The molecule has 1 saturated carbocycles. The van der Waals surface area contributed by atoms with Crippen molar-refractivity contribution >= 4 is 11.6 Å². The van der Waals surface area contributed by atoms with E-state index in [9.17, 15) is 0 Å². The lowest BCUT2D eigenvalue weighted by Crippen LogP contribution is -2.38. The molecule has 0 atom stereocenters. The molecule has 4 heteroatoms. The highest BCUT2D eigenvalue weighted by atomic mass is 35.5. The van der Waals surface area contributed by atoms with Crippen LogP contribution in [0, 0.1) is 13.8 Å². The van der Waals surface area contributed by atoms with Crippen molar-refractivity contribution in [2.45, 2.75) is 51.4 Å². The van der Waals surface area contributed by atoms with Crippen LogP contribution in [0.2, 0.25) is 5.02 Å². The molecular formula is C17H26ClNO2. The Hall–Kier alpha value is -0.930. The molecule has 118 valence electrons. The van der Waals surface area contributed by atoms with Crippen molar-refractivity contribution in [3.63, 3.8) is 0 Å². The summed E-state index contributed by atoms with van der Waals surface area (Å²) in [6, 6.07) is 0. The van der Waals surface area contributed by atoms with E-state index in [1.54, 1.807) is 14.2 Å². The van der Waals surface area contributed by atoms with E-state index >= 15 is 0 Å². The van der Waals surface area contributed by atoms with E-state index in [1.807, 2.05) is 6.92 Å². The molecule has 1 aromatic carbocycles. The number of hydrogen-bond donors (Lipinski definition) is 1. The number of nitrogens with two attached hydrogens (primary N) is 1. The van der Waals surface area contributed by atoms with Crippen molar-refractivity contribution in [2.75, 3.05) is 20.8 Å². The van der Waals surface area contributed by atoms with Crippen molar-refractivity contribution in [1.29, 1.82) is 0 Å². The highest BCUT2D eigenvalue weighted by molar-refractivity contribution is 6.33. The second-order valence-electron chi connectivity index (χ2n) is 6.05. The zero-order valence-corrected chi connectivity index (χ0v) is 14.3. The van der Waals surface area contributed by atoms with Gasteiger partial charge in [0.05, 0.1) is 19.2 Å². The lowest BCUT2D eigenvalue weighted by atomic mass is 9.67. The Bertz CT molecular complexity index is 522. The predicted octanol–water partition coefficient (Wildman–Crippen LogP) is 4.13. The van der Waals surface area contributed by atoms with Crippen molar-refractivity contribution < 1.29 is 9.47 Å². The Morgan fingerprint density at radius 3 is 2.05 bits per heavy atom. The van der Waals surface area contributed by atoms with Crippen LogP contribution in [0.4, 0.5) is 0 Å². The summed E-state index contributed by atoms with van der Waals surface area (Å²) >= 11 is 6.45. The van der Waals surface area contributed by atoms with Crippen molar-refractivity contribution in [3.05, 3.63) is 21.7 Å². The molecule has 0 amide bonds. The predicted molar refractivity (Wildman–Crippen MR) is 87.8 cm³/mol. The summed E-state index contributed by atoms with van der Waals surface area (Å²) < 4.78 is 11.3. The van der Waals surface area contributed by atoms with Gasteiger partial charge in [0.15, 0.2) is 0 Å². The average Bonchev–Trinajstić information content (AvgIpc) is 2.51. The van der Waals surface area contributed by atoms with Crippen LogP contribution >= 0.6 is 11.6 Å². The minimum Gasteiger partial charge on any atom is -0.496 e. The van der Waals surface area contributed by atoms with E-state index < -0.39 is 0 Å². The minimum absolute atomic E-state index is 0.0176. The first-order valence-electron chi connectivity index (χ1n) is 7.63. The Labute approximate surface area is 132 Å². The maximum absolute atomic E-state index is 6.45. The number of methoxy groups -OCH3 is 2. The average molecular weight is 312 g/mol. The van der Waals surface area contributed by atoms with E-state index in [2.05, 4.69) is 6.92 Å². The molecule has 1 fully saturated rings. The lowest BCUT2D eigenvalue weighted by molar-refractivity contribution is 0.284. The number of rotatable bonds is 4. The van der Waals surface area contributed by atoms with Gasteiger partial charge in [-0.1, -0.05) is 30.9 Å². The van der Waals surface area contributed by atoms with Crippen LogP contribution < -0.4 is 15.2 Å². The molecule has 0 saturated heterocycles. The van der Waals surface area contributed by atoms with Crippen LogP contribution in [0.25, 0.3) is 0 Å². The van der Waals surface area contributed by atoms with E-state index in [0.717, 1.165) is 35.5 Å². The second-order valence-corrected chi connectivity index (χ2v) is 6.43. The molecular weight excluding hydrogens is 286 g/mol. The lowest BCUT2D eigenvalue weighted by Gasteiger charge is -2.39. The molecule has 1 aliphatic rings. The summed E-state index contributed by atoms with van der Waals surface area (Å²) in [5.41, 5.74) is 9.40. The summed E-state index contributed by atoms with van der Waals surface area (Å²) in [5.74, 6) is 1.63. The Balaban J connectivity index is 2.73.